The van der Waals surface area contributed by atoms with Gasteiger partial charge in [0.2, 0.25) is 11.8 Å². The molecular weight excluding hydrogens is 356 g/mol. The molecule has 5 heteroatoms. The van der Waals surface area contributed by atoms with Gasteiger partial charge >= 0.3 is 0 Å². The van der Waals surface area contributed by atoms with Crippen molar-refractivity contribution in [1.82, 2.24) is 10.2 Å². The van der Waals surface area contributed by atoms with Crippen LogP contribution in [0.4, 0.5) is 0 Å². The number of amides is 2. The smallest absolute Gasteiger partial charge is 0.242 e. The highest BCUT2D eigenvalue weighted by atomic mass is 32.2. The first-order valence-corrected chi connectivity index (χ1v) is 10.3. The number of aryl methyl sites for hydroxylation is 1. The zero-order chi connectivity index (χ0) is 19.6. The number of carbonyl (C=O) groups is 2. The predicted molar refractivity (Wildman–Crippen MR) is 112 cm³/mol. The Morgan fingerprint density at radius 3 is 2.33 bits per heavy atom. The lowest BCUT2D eigenvalue weighted by atomic mass is 10.1. The molecule has 0 fully saturated rings. The van der Waals surface area contributed by atoms with Gasteiger partial charge in [-0.3, -0.25) is 9.59 Å². The Labute approximate surface area is 166 Å². The standard InChI is InChI=1S/C22H28N2O2S/c1-4-20(22(26)23-3)24(16-18-12-10-17(2)11-13-18)21(25)14-15-27-19-8-6-5-7-9-19/h5-13,20H,4,14-16H2,1-3H3,(H,23,26). The maximum Gasteiger partial charge on any atom is 0.242 e. The van der Waals surface area contributed by atoms with Crippen molar-refractivity contribution < 1.29 is 9.59 Å². The first-order chi connectivity index (χ1) is 13.0. The van der Waals surface area contributed by atoms with Crippen LogP contribution in [0.1, 0.15) is 30.9 Å². The molecule has 0 aliphatic heterocycles. The molecule has 27 heavy (non-hydrogen) atoms. The molecule has 144 valence electrons. The number of nitrogens with one attached hydrogen (secondary N) is 1. The summed E-state index contributed by atoms with van der Waals surface area (Å²) < 4.78 is 0. The topological polar surface area (TPSA) is 49.4 Å². The Hall–Kier alpha value is -2.27. The predicted octanol–water partition coefficient (Wildman–Crippen LogP) is 4.03. The number of hydrogen-bond donors (Lipinski definition) is 1. The quantitative estimate of drug-likeness (QED) is 0.664. The number of nitrogens with zero attached hydrogens (tertiary/aromatic N) is 1. The van der Waals surface area contributed by atoms with E-state index in [0.717, 1.165) is 10.5 Å². The second-order valence-electron chi connectivity index (χ2n) is 6.46. The second-order valence-corrected chi connectivity index (χ2v) is 7.63. The van der Waals surface area contributed by atoms with Crippen LogP contribution in [0.25, 0.3) is 0 Å². The molecule has 4 nitrogen and oxygen atoms in total. The molecule has 1 unspecified atom stereocenters. The summed E-state index contributed by atoms with van der Waals surface area (Å²) >= 11 is 1.66. The largest absolute Gasteiger partial charge is 0.357 e. The van der Waals surface area contributed by atoms with Crippen molar-refractivity contribution in [3.8, 4) is 0 Å². The van der Waals surface area contributed by atoms with Crippen LogP contribution in [-0.2, 0) is 16.1 Å². The molecule has 0 saturated carbocycles. The number of rotatable bonds is 9. The van der Waals surface area contributed by atoms with E-state index in [1.807, 2.05) is 68.4 Å². The molecule has 0 heterocycles. The first kappa shape index (κ1) is 21.0. The summed E-state index contributed by atoms with van der Waals surface area (Å²) in [7, 11) is 1.62. The van der Waals surface area contributed by atoms with Gasteiger partial charge in [-0.1, -0.05) is 55.0 Å². The van der Waals surface area contributed by atoms with Crippen LogP contribution in [-0.4, -0.2) is 35.6 Å². The Balaban J connectivity index is 2.08. The molecule has 2 amide bonds. The Kier molecular flexibility index (Phi) is 8.40. The van der Waals surface area contributed by atoms with Crippen molar-refractivity contribution in [3.05, 3.63) is 65.7 Å². The summed E-state index contributed by atoms with van der Waals surface area (Å²) in [6.45, 7) is 4.42. The molecule has 0 aliphatic carbocycles. The fourth-order valence-corrected chi connectivity index (χ4v) is 3.75. The lowest BCUT2D eigenvalue weighted by Crippen LogP contribution is -2.48. The summed E-state index contributed by atoms with van der Waals surface area (Å²) in [5, 5.41) is 2.69. The summed E-state index contributed by atoms with van der Waals surface area (Å²) in [6.07, 6.45) is 0.988. The van der Waals surface area contributed by atoms with Crippen LogP contribution in [0.2, 0.25) is 0 Å². The molecule has 1 N–H and O–H groups in total. The second kappa shape index (κ2) is 10.8. The van der Waals surface area contributed by atoms with Crippen molar-refractivity contribution in [1.29, 1.82) is 0 Å². The van der Waals surface area contributed by atoms with E-state index in [-0.39, 0.29) is 11.8 Å². The fraction of sp³-hybridized carbons (Fsp3) is 0.364. The van der Waals surface area contributed by atoms with E-state index in [1.54, 1.807) is 23.7 Å². The molecule has 0 saturated heterocycles. The van der Waals surface area contributed by atoms with Crippen LogP contribution >= 0.6 is 11.8 Å². The monoisotopic (exact) mass is 384 g/mol. The van der Waals surface area contributed by atoms with Gasteiger partial charge in [-0.15, -0.1) is 11.8 Å². The van der Waals surface area contributed by atoms with E-state index in [1.165, 1.54) is 5.56 Å². The summed E-state index contributed by atoms with van der Waals surface area (Å²) in [6, 6.07) is 17.7. The third-order valence-electron chi connectivity index (χ3n) is 4.43. The molecule has 0 bridgehead atoms. The number of likely N-dealkylation sites (N-methyl/N-ethyl adjacent to an activating group) is 1. The van der Waals surface area contributed by atoms with Crippen LogP contribution < -0.4 is 5.32 Å². The molecule has 0 aromatic heterocycles. The lowest BCUT2D eigenvalue weighted by molar-refractivity contribution is -0.140. The van der Waals surface area contributed by atoms with Crippen LogP contribution in [0.3, 0.4) is 0 Å². The van der Waals surface area contributed by atoms with Gasteiger partial charge in [0.1, 0.15) is 6.04 Å². The van der Waals surface area contributed by atoms with E-state index < -0.39 is 6.04 Å². The number of carbonyl (C=O) groups excluding carboxylic acids is 2. The van der Waals surface area contributed by atoms with Crippen molar-refractivity contribution in [2.75, 3.05) is 12.8 Å². The van der Waals surface area contributed by atoms with Gasteiger partial charge in [0, 0.05) is 30.7 Å². The Morgan fingerprint density at radius 2 is 1.74 bits per heavy atom. The van der Waals surface area contributed by atoms with Gasteiger partial charge < -0.3 is 10.2 Å². The van der Waals surface area contributed by atoms with E-state index in [2.05, 4.69) is 5.32 Å². The Bertz CT molecular complexity index is 732. The normalized spacial score (nSPS) is 11.7. The third-order valence-corrected chi connectivity index (χ3v) is 5.45. The Morgan fingerprint density at radius 1 is 1.07 bits per heavy atom. The summed E-state index contributed by atoms with van der Waals surface area (Å²) in [5.41, 5.74) is 2.21. The molecule has 2 aromatic rings. The minimum Gasteiger partial charge on any atom is -0.357 e. The van der Waals surface area contributed by atoms with Gasteiger partial charge in [0.15, 0.2) is 0 Å². The average molecular weight is 385 g/mol. The number of thioether (sulfide) groups is 1. The molecule has 0 spiro atoms. The van der Waals surface area contributed by atoms with Gasteiger partial charge in [0.25, 0.3) is 0 Å². The highest BCUT2D eigenvalue weighted by Gasteiger charge is 2.27. The van der Waals surface area contributed by atoms with Crippen molar-refractivity contribution in [2.45, 2.75) is 44.2 Å². The summed E-state index contributed by atoms with van der Waals surface area (Å²) in [4.78, 5) is 28.1. The highest BCUT2D eigenvalue weighted by Crippen LogP contribution is 2.20. The van der Waals surface area contributed by atoms with Crippen molar-refractivity contribution >= 4 is 23.6 Å². The van der Waals surface area contributed by atoms with Gasteiger partial charge in [-0.25, -0.2) is 0 Å². The minimum absolute atomic E-state index is 0.00876. The van der Waals surface area contributed by atoms with Crippen molar-refractivity contribution in [2.24, 2.45) is 0 Å². The molecule has 0 aliphatic rings. The first-order valence-electron chi connectivity index (χ1n) is 9.29. The molecular formula is C22H28N2O2S. The highest BCUT2D eigenvalue weighted by molar-refractivity contribution is 7.99. The summed E-state index contributed by atoms with van der Waals surface area (Å²) in [5.74, 6) is 0.584. The van der Waals surface area contributed by atoms with Gasteiger partial charge in [0.05, 0.1) is 0 Å². The van der Waals surface area contributed by atoms with Crippen molar-refractivity contribution in [3.63, 3.8) is 0 Å². The van der Waals surface area contributed by atoms with Crippen LogP contribution in [0, 0.1) is 6.92 Å². The zero-order valence-electron chi connectivity index (χ0n) is 16.3. The van der Waals surface area contributed by atoms with Crippen LogP contribution in [0.15, 0.2) is 59.5 Å². The third kappa shape index (κ3) is 6.43. The molecule has 0 radical (unpaired) electrons. The van der Waals surface area contributed by atoms with E-state index in [4.69, 9.17) is 0 Å². The fourth-order valence-electron chi connectivity index (χ4n) is 2.89. The van der Waals surface area contributed by atoms with Crippen LogP contribution in [0.5, 0.6) is 0 Å². The maximum absolute atomic E-state index is 13.0. The molecule has 2 rings (SSSR count). The van der Waals surface area contributed by atoms with E-state index in [0.29, 0.717) is 25.1 Å². The maximum atomic E-state index is 13.0. The SMILES string of the molecule is CCC(C(=O)NC)N(Cc1ccc(C)cc1)C(=O)CCSc1ccccc1. The minimum atomic E-state index is -0.453. The van der Waals surface area contributed by atoms with Gasteiger partial charge in [-0.05, 0) is 31.0 Å². The van der Waals surface area contributed by atoms with E-state index in [9.17, 15) is 9.59 Å². The lowest BCUT2D eigenvalue weighted by Gasteiger charge is -2.30. The zero-order valence-corrected chi connectivity index (χ0v) is 17.1. The number of hydrogen-bond acceptors (Lipinski definition) is 3. The molecule has 1 atom stereocenters. The molecule has 2 aromatic carbocycles. The van der Waals surface area contributed by atoms with E-state index >= 15 is 0 Å². The number of benzene rings is 2. The van der Waals surface area contributed by atoms with Gasteiger partial charge in [-0.2, -0.15) is 0 Å². The average Bonchev–Trinajstić information content (AvgIpc) is 2.69.